The molecule has 1 N–H and O–H groups in total. The molecule has 2 amide bonds. The maximum Gasteiger partial charge on any atom is 0.254 e. The quantitative estimate of drug-likeness (QED) is 0.836. The highest BCUT2D eigenvalue weighted by molar-refractivity contribution is 6.01. The molecule has 1 spiro atoms. The van der Waals surface area contributed by atoms with Gasteiger partial charge in [0.15, 0.2) is 0 Å². The zero-order chi connectivity index (χ0) is 21.1. The number of hydrogen-bond donors (Lipinski definition) is 1. The van der Waals surface area contributed by atoms with Crippen molar-refractivity contribution < 1.29 is 18.4 Å². The zero-order valence-corrected chi connectivity index (χ0v) is 15.9. The molecule has 152 valence electrons. The minimum Gasteiger partial charge on any atom is -0.328 e. The number of anilines is 1. The Labute approximate surface area is 170 Å². The van der Waals surface area contributed by atoms with Crippen LogP contribution in [-0.4, -0.2) is 45.9 Å². The Balaban J connectivity index is 1.37. The molecule has 3 aliphatic rings. The van der Waals surface area contributed by atoms with Gasteiger partial charge in [-0.3, -0.25) is 14.9 Å². The number of hydrogen-bond acceptors (Lipinski definition) is 5. The van der Waals surface area contributed by atoms with Crippen LogP contribution in [0.15, 0.2) is 30.6 Å². The second kappa shape index (κ2) is 6.29. The van der Waals surface area contributed by atoms with Gasteiger partial charge in [-0.2, -0.15) is 5.26 Å². The van der Waals surface area contributed by atoms with Crippen molar-refractivity contribution in [3.8, 4) is 6.07 Å². The summed E-state index contributed by atoms with van der Waals surface area (Å²) in [7, 11) is 0. The third kappa shape index (κ3) is 2.91. The van der Waals surface area contributed by atoms with E-state index in [1.807, 2.05) is 6.07 Å². The number of nitrogens with zero attached hydrogens (tertiary/aromatic N) is 4. The van der Waals surface area contributed by atoms with E-state index in [-0.39, 0.29) is 36.9 Å². The van der Waals surface area contributed by atoms with Crippen LogP contribution < -0.4 is 5.32 Å². The molecular formula is C21H17F2N5O2. The maximum atomic E-state index is 14.5. The summed E-state index contributed by atoms with van der Waals surface area (Å²) in [6.45, 7) is -0.227. The van der Waals surface area contributed by atoms with Crippen LogP contribution in [0.4, 0.5) is 14.7 Å². The highest BCUT2D eigenvalue weighted by Crippen LogP contribution is 2.57. The molecule has 0 radical (unpaired) electrons. The Morgan fingerprint density at radius 3 is 2.63 bits per heavy atom. The monoisotopic (exact) mass is 409 g/mol. The molecule has 2 aromatic rings. The van der Waals surface area contributed by atoms with Crippen LogP contribution in [0.1, 0.15) is 46.3 Å². The zero-order valence-electron chi connectivity index (χ0n) is 15.9. The van der Waals surface area contributed by atoms with Crippen LogP contribution >= 0.6 is 0 Å². The fraction of sp³-hybridized carbons (Fsp3) is 0.381. The first-order valence-electron chi connectivity index (χ1n) is 9.64. The van der Waals surface area contributed by atoms with Gasteiger partial charge in [-0.05, 0) is 36.5 Å². The number of carbonyl (C=O) groups is 2. The number of carbonyl (C=O) groups excluding carboxylic acids is 2. The fourth-order valence-corrected chi connectivity index (χ4v) is 4.11. The Morgan fingerprint density at radius 2 is 2.03 bits per heavy atom. The molecule has 1 aromatic heterocycles. The minimum absolute atomic E-state index is 0.00989. The number of nitriles is 1. The van der Waals surface area contributed by atoms with Gasteiger partial charge in [0.05, 0.1) is 18.0 Å². The van der Waals surface area contributed by atoms with E-state index in [1.54, 1.807) is 18.2 Å². The number of benzene rings is 1. The second-order valence-corrected chi connectivity index (χ2v) is 8.17. The van der Waals surface area contributed by atoms with E-state index < -0.39 is 23.2 Å². The van der Waals surface area contributed by atoms with Gasteiger partial charge in [-0.15, -0.1) is 0 Å². The number of alkyl halides is 2. The third-order valence-corrected chi connectivity index (χ3v) is 6.10. The van der Waals surface area contributed by atoms with Crippen LogP contribution in [-0.2, 0) is 15.9 Å². The third-order valence-electron chi connectivity index (χ3n) is 6.10. The largest absolute Gasteiger partial charge is 0.328 e. The lowest BCUT2D eigenvalue weighted by atomic mass is 9.84. The second-order valence-electron chi connectivity index (χ2n) is 8.17. The van der Waals surface area contributed by atoms with Gasteiger partial charge >= 0.3 is 0 Å². The summed E-state index contributed by atoms with van der Waals surface area (Å²) in [5, 5.41) is 11.2. The molecule has 2 atom stereocenters. The SMILES string of the molecule is N#Cc1cnc(NC(=O)CN2C[C@@]3(C[C@@H]3F)c3cc(C4(F)CC4)ccc3C2=O)nc1. The van der Waals surface area contributed by atoms with Gasteiger partial charge in [0.1, 0.15) is 24.5 Å². The van der Waals surface area contributed by atoms with Crippen LogP contribution in [0.25, 0.3) is 0 Å². The number of halogens is 2. The first kappa shape index (κ1) is 18.6. The van der Waals surface area contributed by atoms with Gasteiger partial charge in [0, 0.05) is 17.5 Å². The summed E-state index contributed by atoms with van der Waals surface area (Å²) < 4.78 is 29.0. The maximum absolute atomic E-state index is 14.5. The van der Waals surface area contributed by atoms with E-state index in [2.05, 4.69) is 15.3 Å². The molecule has 0 bridgehead atoms. The molecule has 5 rings (SSSR count). The standard InChI is InChI=1S/C21H17F2N5O2/c22-16-6-20(16)11-28(10-17(29)27-19-25-8-12(7-24)9-26-19)18(30)14-2-1-13(5-15(14)20)21(23)3-4-21/h1-2,5,8-9,16H,3-4,6,10-11H2,(H,25,26,27,29)/t16-,20-/m0/s1. The van der Waals surface area contributed by atoms with E-state index in [1.165, 1.54) is 17.3 Å². The fourth-order valence-electron chi connectivity index (χ4n) is 4.11. The van der Waals surface area contributed by atoms with Crippen molar-refractivity contribution in [2.75, 3.05) is 18.4 Å². The van der Waals surface area contributed by atoms with E-state index in [4.69, 9.17) is 5.26 Å². The van der Waals surface area contributed by atoms with Gasteiger partial charge < -0.3 is 4.90 Å². The highest BCUT2D eigenvalue weighted by atomic mass is 19.1. The molecule has 0 unspecified atom stereocenters. The Kier molecular flexibility index (Phi) is 3.90. The van der Waals surface area contributed by atoms with Crippen molar-refractivity contribution in [2.24, 2.45) is 0 Å². The molecule has 30 heavy (non-hydrogen) atoms. The topological polar surface area (TPSA) is 99.0 Å². The summed E-state index contributed by atoms with van der Waals surface area (Å²) in [5.74, 6) is -0.906. The van der Waals surface area contributed by atoms with E-state index in [9.17, 15) is 18.4 Å². The summed E-state index contributed by atoms with van der Waals surface area (Å²) in [4.78, 5) is 34.4. The lowest BCUT2D eigenvalue weighted by Crippen LogP contribution is -2.47. The van der Waals surface area contributed by atoms with Crippen molar-refractivity contribution in [3.63, 3.8) is 0 Å². The van der Waals surface area contributed by atoms with E-state index >= 15 is 0 Å². The lowest BCUT2D eigenvalue weighted by Gasteiger charge is -2.34. The summed E-state index contributed by atoms with van der Waals surface area (Å²) in [5.41, 5.74) is -0.628. The number of aromatic nitrogens is 2. The number of amides is 2. The molecule has 1 aromatic carbocycles. The Hall–Kier alpha value is -3.41. The van der Waals surface area contributed by atoms with Crippen LogP contribution in [0.5, 0.6) is 0 Å². The number of nitrogens with one attached hydrogen (secondary N) is 1. The van der Waals surface area contributed by atoms with Gasteiger partial charge in [0.25, 0.3) is 5.91 Å². The van der Waals surface area contributed by atoms with Crippen LogP contribution in [0.3, 0.4) is 0 Å². The first-order valence-corrected chi connectivity index (χ1v) is 9.64. The molecule has 9 heteroatoms. The normalized spacial score (nSPS) is 25.4. The summed E-state index contributed by atoms with van der Waals surface area (Å²) >= 11 is 0. The van der Waals surface area contributed by atoms with E-state index in [0.29, 0.717) is 29.5 Å². The molecule has 1 aliphatic heterocycles. The highest BCUT2D eigenvalue weighted by Gasteiger charge is 2.61. The van der Waals surface area contributed by atoms with Crippen molar-refractivity contribution in [3.05, 3.63) is 52.8 Å². The van der Waals surface area contributed by atoms with Crippen molar-refractivity contribution in [1.82, 2.24) is 14.9 Å². The van der Waals surface area contributed by atoms with Gasteiger partial charge in [-0.1, -0.05) is 12.1 Å². The first-order chi connectivity index (χ1) is 14.3. The lowest BCUT2D eigenvalue weighted by molar-refractivity contribution is -0.117. The Bertz CT molecular complexity index is 1110. The van der Waals surface area contributed by atoms with Crippen molar-refractivity contribution >= 4 is 17.8 Å². The minimum atomic E-state index is -1.36. The summed E-state index contributed by atoms with van der Waals surface area (Å²) in [6.07, 6.45) is 2.53. The summed E-state index contributed by atoms with van der Waals surface area (Å²) in [6, 6.07) is 6.65. The molecule has 7 nitrogen and oxygen atoms in total. The molecule has 2 fully saturated rings. The molecular weight excluding hydrogens is 392 g/mol. The van der Waals surface area contributed by atoms with Gasteiger partial charge in [-0.25, -0.2) is 18.7 Å². The Morgan fingerprint density at radius 1 is 1.33 bits per heavy atom. The predicted octanol–water partition coefficient (Wildman–Crippen LogP) is 2.38. The van der Waals surface area contributed by atoms with E-state index in [0.717, 1.165) is 0 Å². The average Bonchev–Trinajstić information content (AvgIpc) is 3.64. The molecule has 0 saturated heterocycles. The van der Waals surface area contributed by atoms with Gasteiger partial charge in [0.2, 0.25) is 11.9 Å². The van der Waals surface area contributed by atoms with Crippen LogP contribution in [0, 0.1) is 11.3 Å². The van der Waals surface area contributed by atoms with Crippen molar-refractivity contribution in [2.45, 2.75) is 36.5 Å². The average molecular weight is 409 g/mol. The molecule has 2 heterocycles. The smallest absolute Gasteiger partial charge is 0.254 e. The number of fused-ring (bicyclic) bond motifs is 2. The molecule has 2 saturated carbocycles. The van der Waals surface area contributed by atoms with Crippen LogP contribution in [0.2, 0.25) is 0 Å². The molecule has 2 aliphatic carbocycles. The predicted molar refractivity (Wildman–Crippen MR) is 101 cm³/mol. The number of rotatable bonds is 4. The van der Waals surface area contributed by atoms with Crippen molar-refractivity contribution in [1.29, 1.82) is 5.26 Å².